The SMILES string of the molecule is CCC(=O)c1ccc2c(c1)N(CCOc1cccc(C)c1)C(=O)C(C)O2. The molecule has 0 aliphatic carbocycles. The normalized spacial score (nSPS) is 16.0. The highest BCUT2D eigenvalue weighted by atomic mass is 16.5. The van der Waals surface area contributed by atoms with Crippen LogP contribution in [0.1, 0.15) is 36.2 Å². The van der Waals surface area contributed by atoms with Crippen LogP contribution in [0.15, 0.2) is 42.5 Å². The summed E-state index contributed by atoms with van der Waals surface area (Å²) in [6.07, 6.45) is -0.144. The van der Waals surface area contributed by atoms with Gasteiger partial charge in [0.25, 0.3) is 5.91 Å². The van der Waals surface area contributed by atoms with Crippen molar-refractivity contribution in [1.29, 1.82) is 0 Å². The zero-order valence-electron chi connectivity index (χ0n) is 15.3. The molecule has 136 valence electrons. The predicted octanol–water partition coefficient (Wildman–Crippen LogP) is 3.78. The van der Waals surface area contributed by atoms with Crippen molar-refractivity contribution >= 4 is 17.4 Å². The van der Waals surface area contributed by atoms with Gasteiger partial charge in [0.15, 0.2) is 11.9 Å². The average Bonchev–Trinajstić information content (AvgIpc) is 2.64. The monoisotopic (exact) mass is 353 g/mol. The number of Topliss-reactive ketones (excluding diaryl/α,β-unsaturated/α-hetero) is 1. The first-order valence-electron chi connectivity index (χ1n) is 8.84. The van der Waals surface area contributed by atoms with E-state index in [0.717, 1.165) is 11.3 Å². The first-order valence-corrected chi connectivity index (χ1v) is 8.84. The quantitative estimate of drug-likeness (QED) is 0.742. The first-order chi connectivity index (χ1) is 12.5. The van der Waals surface area contributed by atoms with Gasteiger partial charge >= 0.3 is 0 Å². The topological polar surface area (TPSA) is 55.8 Å². The molecule has 0 radical (unpaired) electrons. The van der Waals surface area contributed by atoms with E-state index >= 15 is 0 Å². The number of benzene rings is 2. The summed E-state index contributed by atoms with van der Waals surface area (Å²) in [4.78, 5) is 26.3. The van der Waals surface area contributed by atoms with E-state index in [4.69, 9.17) is 9.47 Å². The lowest BCUT2D eigenvalue weighted by atomic mass is 10.1. The van der Waals surface area contributed by atoms with E-state index < -0.39 is 6.10 Å². The second-order valence-corrected chi connectivity index (χ2v) is 6.37. The molecule has 0 aromatic heterocycles. The molecule has 1 amide bonds. The number of anilines is 1. The maximum atomic E-state index is 12.6. The van der Waals surface area contributed by atoms with E-state index in [-0.39, 0.29) is 11.7 Å². The lowest BCUT2D eigenvalue weighted by Crippen LogP contribution is -2.46. The lowest BCUT2D eigenvalue weighted by molar-refractivity contribution is -0.125. The van der Waals surface area contributed by atoms with Gasteiger partial charge in [0, 0.05) is 12.0 Å². The molecular weight excluding hydrogens is 330 g/mol. The maximum absolute atomic E-state index is 12.6. The van der Waals surface area contributed by atoms with E-state index in [2.05, 4.69) is 0 Å². The summed E-state index contributed by atoms with van der Waals surface area (Å²) in [5.74, 6) is 1.29. The molecule has 2 aromatic rings. The summed E-state index contributed by atoms with van der Waals surface area (Å²) in [5, 5.41) is 0. The summed E-state index contributed by atoms with van der Waals surface area (Å²) in [6.45, 7) is 6.29. The van der Waals surface area contributed by atoms with E-state index in [1.807, 2.05) is 38.1 Å². The van der Waals surface area contributed by atoms with Crippen LogP contribution in [-0.2, 0) is 4.79 Å². The van der Waals surface area contributed by atoms with Gasteiger partial charge < -0.3 is 14.4 Å². The van der Waals surface area contributed by atoms with Crippen molar-refractivity contribution in [2.45, 2.75) is 33.3 Å². The summed E-state index contributed by atoms with van der Waals surface area (Å²) in [7, 11) is 0. The van der Waals surface area contributed by atoms with E-state index in [1.54, 1.807) is 30.0 Å². The van der Waals surface area contributed by atoms with Crippen LogP contribution in [0, 0.1) is 6.92 Å². The lowest BCUT2D eigenvalue weighted by Gasteiger charge is -2.33. The van der Waals surface area contributed by atoms with Gasteiger partial charge in [0.2, 0.25) is 0 Å². The number of aryl methyl sites for hydroxylation is 1. The highest BCUT2D eigenvalue weighted by molar-refractivity contribution is 6.02. The Kier molecular flexibility index (Phi) is 5.26. The molecule has 26 heavy (non-hydrogen) atoms. The van der Waals surface area contributed by atoms with Crippen LogP contribution in [-0.4, -0.2) is 30.9 Å². The van der Waals surface area contributed by atoms with Crippen molar-refractivity contribution in [2.75, 3.05) is 18.1 Å². The van der Waals surface area contributed by atoms with Crippen molar-refractivity contribution in [3.05, 3.63) is 53.6 Å². The number of hydrogen-bond donors (Lipinski definition) is 0. The van der Waals surface area contributed by atoms with Crippen LogP contribution >= 0.6 is 0 Å². The molecule has 5 heteroatoms. The van der Waals surface area contributed by atoms with Gasteiger partial charge in [0.1, 0.15) is 18.1 Å². The molecule has 0 fully saturated rings. The Morgan fingerprint density at radius 1 is 1.23 bits per heavy atom. The Bertz CT molecular complexity index is 831. The Morgan fingerprint density at radius 3 is 2.77 bits per heavy atom. The van der Waals surface area contributed by atoms with Gasteiger partial charge in [-0.3, -0.25) is 9.59 Å². The summed E-state index contributed by atoms with van der Waals surface area (Å²) in [6, 6.07) is 13.0. The fraction of sp³-hybridized carbons (Fsp3) is 0.333. The highest BCUT2D eigenvalue weighted by Crippen LogP contribution is 2.35. The smallest absolute Gasteiger partial charge is 0.267 e. The van der Waals surface area contributed by atoms with Gasteiger partial charge in [-0.25, -0.2) is 0 Å². The number of hydrogen-bond acceptors (Lipinski definition) is 4. The Labute approximate surface area is 153 Å². The Morgan fingerprint density at radius 2 is 2.04 bits per heavy atom. The van der Waals surface area contributed by atoms with Crippen LogP contribution < -0.4 is 14.4 Å². The number of rotatable bonds is 6. The van der Waals surface area contributed by atoms with Crippen molar-refractivity contribution in [1.82, 2.24) is 0 Å². The van der Waals surface area contributed by atoms with Crippen LogP contribution in [0.3, 0.4) is 0 Å². The molecule has 3 rings (SSSR count). The van der Waals surface area contributed by atoms with Gasteiger partial charge in [-0.05, 0) is 49.7 Å². The van der Waals surface area contributed by atoms with E-state index in [1.165, 1.54) is 0 Å². The van der Waals surface area contributed by atoms with E-state index in [9.17, 15) is 9.59 Å². The molecule has 1 heterocycles. The highest BCUT2D eigenvalue weighted by Gasteiger charge is 2.31. The number of ether oxygens (including phenoxy) is 2. The molecular formula is C21H23NO4. The molecule has 1 aliphatic rings. The average molecular weight is 353 g/mol. The molecule has 5 nitrogen and oxygen atoms in total. The molecule has 2 aromatic carbocycles. The third kappa shape index (κ3) is 3.72. The molecule has 0 saturated heterocycles. The van der Waals surface area contributed by atoms with Gasteiger partial charge in [-0.2, -0.15) is 0 Å². The van der Waals surface area contributed by atoms with Gasteiger partial charge in [-0.15, -0.1) is 0 Å². The van der Waals surface area contributed by atoms with Crippen molar-refractivity contribution in [3.8, 4) is 11.5 Å². The molecule has 1 atom stereocenters. The van der Waals surface area contributed by atoms with Crippen molar-refractivity contribution < 1.29 is 19.1 Å². The second kappa shape index (κ2) is 7.60. The van der Waals surface area contributed by atoms with Crippen LogP contribution in [0.25, 0.3) is 0 Å². The van der Waals surface area contributed by atoms with Crippen LogP contribution in [0.5, 0.6) is 11.5 Å². The minimum absolute atomic E-state index is 0.0369. The third-order valence-corrected chi connectivity index (χ3v) is 4.38. The maximum Gasteiger partial charge on any atom is 0.267 e. The minimum atomic E-state index is -0.561. The van der Waals surface area contributed by atoms with Crippen LogP contribution in [0.2, 0.25) is 0 Å². The molecule has 0 N–H and O–H groups in total. The number of ketones is 1. The number of fused-ring (bicyclic) bond motifs is 1. The molecule has 1 unspecified atom stereocenters. The molecule has 0 spiro atoms. The zero-order valence-corrected chi connectivity index (χ0v) is 15.3. The summed E-state index contributed by atoms with van der Waals surface area (Å²) in [5.41, 5.74) is 2.33. The number of carbonyl (C=O) groups excluding carboxylic acids is 2. The van der Waals surface area contributed by atoms with Crippen molar-refractivity contribution in [2.24, 2.45) is 0 Å². The number of nitrogens with zero attached hydrogens (tertiary/aromatic N) is 1. The fourth-order valence-electron chi connectivity index (χ4n) is 2.98. The Hall–Kier alpha value is -2.82. The summed E-state index contributed by atoms with van der Waals surface area (Å²) < 4.78 is 11.5. The predicted molar refractivity (Wildman–Crippen MR) is 100 cm³/mol. The third-order valence-electron chi connectivity index (χ3n) is 4.38. The number of amides is 1. The molecule has 0 saturated carbocycles. The molecule has 0 bridgehead atoms. The second-order valence-electron chi connectivity index (χ2n) is 6.37. The van der Waals surface area contributed by atoms with Crippen molar-refractivity contribution in [3.63, 3.8) is 0 Å². The zero-order chi connectivity index (χ0) is 18.7. The first kappa shape index (κ1) is 18.0. The minimum Gasteiger partial charge on any atom is -0.492 e. The fourth-order valence-corrected chi connectivity index (χ4v) is 2.98. The van der Waals surface area contributed by atoms with Gasteiger partial charge in [0.05, 0.1) is 12.2 Å². The largest absolute Gasteiger partial charge is 0.492 e. The van der Waals surface area contributed by atoms with E-state index in [0.29, 0.717) is 36.6 Å². The number of carbonyl (C=O) groups is 2. The summed E-state index contributed by atoms with van der Waals surface area (Å²) >= 11 is 0. The van der Waals surface area contributed by atoms with Gasteiger partial charge in [-0.1, -0.05) is 19.1 Å². The van der Waals surface area contributed by atoms with Crippen LogP contribution in [0.4, 0.5) is 5.69 Å². The molecule has 1 aliphatic heterocycles. The standard InChI is InChI=1S/C21H23NO4/c1-4-19(23)16-8-9-20-18(13-16)22(21(24)15(3)26-20)10-11-25-17-7-5-6-14(2)12-17/h5-9,12-13,15H,4,10-11H2,1-3H3. The Balaban J connectivity index is 1.79.